The van der Waals surface area contributed by atoms with E-state index in [0.717, 1.165) is 22.4 Å². The van der Waals surface area contributed by atoms with Crippen molar-refractivity contribution in [1.82, 2.24) is 4.98 Å². The largest absolute Gasteiger partial charge is 0.378 e. The predicted molar refractivity (Wildman–Crippen MR) is 115 cm³/mol. The van der Waals surface area contributed by atoms with Crippen LogP contribution in [0.5, 0.6) is 0 Å². The predicted octanol–water partition coefficient (Wildman–Crippen LogP) is 6.15. The highest BCUT2D eigenvalue weighted by Gasteiger charge is 2.12. The highest BCUT2D eigenvalue weighted by atomic mass is 15.1. The fourth-order valence-electron chi connectivity index (χ4n) is 3.25. The molecule has 0 bridgehead atoms. The molecule has 0 spiro atoms. The molecule has 0 amide bonds. The van der Waals surface area contributed by atoms with Gasteiger partial charge in [0.05, 0.1) is 5.69 Å². The Balaban J connectivity index is 1.90. The maximum absolute atomic E-state index is 4.88. The molecule has 0 N–H and O–H groups in total. The van der Waals surface area contributed by atoms with E-state index in [4.69, 9.17) is 4.98 Å². The van der Waals surface area contributed by atoms with E-state index in [9.17, 15) is 0 Å². The van der Waals surface area contributed by atoms with Gasteiger partial charge in [0.15, 0.2) is 0 Å². The molecule has 0 atom stereocenters. The summed E-state index contributed by atoms with van der Waals surface area (Å²) >= 11 is 0. The Hall–Kier alpha value is -3.39. The number of hydrogen-bond donors (Lipinski definition) is 0. The summed E-state index contributed by atoms with van der Waals surface area (Å²) in [6.07, 6.45) is 1.97. The van der Waals surface area contributed by atoms with Gasteiger partial charge in [-0.15, -0.1) is 0 Å². The molecule has 0 aliphatic heterocycles. The maximum Gasteiger partial charge on any atom is 0.0781 e. The number of anilines is 1. The first kappa shape index (κ1) is 17.0. The highest BCUT2D eigenvalue weighted by Crippen LogP contribution is 2.34. The van der Waals surface area contributed by atoms with Crippen molar-refractivity contribution in [2.45, 2.75) is 0 Å². The average Bonchev–Trinajstić information content (AvgIpc) is 2.74. The van der Waals surface area contributed by atoms with E-state index in [2.05, 4.69) is 97.9 Å². The maximum atomic E-state index is 4.88. The van der Waals surface area contributed by atoms with Crippen LogP contribution in [-0.2, 0) is 0 Å². The number of aromatic nitrogens is 1. The molecular weight excluding hydrogens is 328 g/mol. The van der Waals surface area contributed by atoms with Crippen LogP contribution < -0.4 is 4.90 Å². The minimum atomic E-state index is 1.00. The summed E-state index contributed by atoms with van der Waals surface area (Å²) < 4.78 is 0. The third kappa shape index (κ3) is 3.61. The summed E-state index contributed by atoms with van der Waals surface area (Å²) in [6, 6.07) is 31.7. The van der Waals surface area contributed by atoms with Crippen LogP contribution >= 0.6 is 0 Å². The first-order valence-electron chi connectivity index (χ1n) is 9.11. The van der Waals surface area contributed by atoms with Crippen LogP contribution in [0.2, 0.25) is 0 Å². The third-order valence-corrected chi connectivity index (χ3v) is 4.72. The molecule has 27 heavy (non-hydrogen) atoms. The Morgan fingerprint density at radius 3 is 1.89 bits per heavy atom. The van der Waals surface area contributed by atoms with Crippen molar-refractivity contribution in [3.8, 4) is 33.5 Å². The minimum absolute atomic E-state index is 1.00. The van der Waals surface area contributed by atoms with E-state index >= 15 is 0 Å². The van der Waals surface area contributed by atoms with Gasteiger partial charge >= 0.3 is 0 Å². The van der Waals surface area contributed by atoms with Crippen LogP contribution in [0.25, 0.3) is 33.5 Å². The Labute approximate surface area is 160 Å². The second-order valence-electron chi connectivity index (χ2n) is 6.80. The second kappa shape index (κ2) is 7.46. The van der Waals surface area contributed by atoms with Gasteiger partial charge in [-0.2, -0.15) is 0 Å². The number of nitrogens with zero attached hydrogens (tertiary/aromatic N) is 2. The first-order chi connectivity index (χ1) is 13.2. The summed E-state index contributed by atoms with van der Waals surface area (Å²) in [7, 11) is 4.12. The first-order valence-corrected chi connectivity index (χ1v) is 9.11. The molecule has 1 aromatic heterocycles. The quantitative estimate of drug-likeness (QED) is 0.439. The summed E-state index contributed by atoms with van der Waals surface area (Å²) in [4.78, 5) is 7.00. The number of rotatable bonds is 4. The van der Waals surface area contributed by atoms with Crippen LogP contribution in [0.1, 0.15) is 0 Å². The average molecular weight is 350 g/mol. The molecule has 0 fully saturated rings. The Bertz CT molecular complexity index is 1040. The van der Waals surface area contributed by atoms with E-state index in [1.807, 2.05) is 18.3 Å². The summed E-state index contributed by atoms with van der Waals surface area (Å²) in [5.41, 5.74) is 7.92. The Morgan fingerprint density at radius 1 is 0.593 bits per heavy atom. The van der Waals surface area contributed by atoms with Gasteiger partial charge < -0.3 is 4.90 Å². The van der Waals surface area contributed by atoms with Crippen molar-refractivity contribution in [2.24, 2.45) is 0 Å². The molecule has 4 rings (SSSR count). The second-order valence-corrected chi connectivity index (χ2v) is 6.80. The molecule has 4 aromatic rings. The Kier molecular flexibility index (Phi) is 4.71. The van der Waals surface area contributed by atoms with E-state index in [1.54, 1.807) is 0 Å². The SMILES string of the molecule is CN(C)c1cccc(-c2ncc(-c3ccccc3)cc2-c2ccccc2)c1. The lowest BCUT2D eigenvalue weighted by molar-refractivity contribution is 1.13. The van der Waals surface area contributed by atoms with Gasteiger partial charge in [-0.25, -0.2) is 0 Å². The molecule has 2 nitrogen and oxygen atoms in total. The third-order valence-electron chi connectivity index (χ3n) is 4.72. The van der Waals surface area contributed by atoms with Gasteiger partial charge in [-0.05, 0) is 29.3 Å². The van der Waals surface area contributed by atoms with Crippen molar-refractivity contribution < 1.29 is 0 Å². The van der Waals surface area contributed by atoms with Crippen molar-refractivity contribution >= 4 is 5.69 Å². The van der Waals surface area contributed by atoms with Gasteiger partial charge in [0, 0.05) is 42.7 Å². The fourth-order valence-corrected chi connectivity index (χ4v) is 3.25. The topological polar surface area (TPSA) is 16.1 Å². The molecular formula is C25H22N2. The van der Waals surface area contributed by atoms with Gasteiger partial charge in [0.2, 0.25) is 0 Å². The standard InChI is InChI=1S/C25H22N2/c1-27(2)23-15-9-14-21(16-23)25-24(20-12-7-4-8-13-20)17-22(18-26-25)19-10-5-3-6-11-19/h3-18H,1-2H3. The lowest BCUT2D eigenvalue weighted by Crippen LogP contribution is -2.08. The molecule has 0 unspecified atom stereocenters. The van der Waals surface area contributed by atoms with Crippen LogP contribution in [-0.4, -0.2) is 19.1 Å². The van der Waals surface area contributed by atoms with E-state index in [-0.39, 0.29) is 0 Å². The molecule has 2 heteroatoms. The summed E-state index contributed by atoms with van der Waals surface area (Å²) in [5, 5.41) is 0. The zero-order valence-electron chi connectivity index (χ0n) is 15.6. The van der Waals surface area contributed by atoms with Gasteiger partial charge in [0.1, 0.15) is 0 Å². The van der Waals surface area contributed by atoms with Crippen molar-refractivity contribution in [2.75, 3.05) is 19.0 Å². The molecule has 3 aromatic carbocycles. The lowest BCUT2D eigenvalue weighted by atomic mass is 9.96. The summed E-state index contributed by atoms with van der Waals surface area (Å²) in [6.45, 7) is 0. The molecule has 0 aliphatic carbocycles. The zero-order chi connectivity index (χ0) is 18.6. The molecule has 132 valence electrons. The Morgan fingerprint density at radius 2 is 1.22 bits per heavy atom. The fraction of sp³-hybridized carbons (Fsp3) is 0.0800. The van der Waals surface area contributed by atoms with Crippen molar-refractivity contribution in [1.29, 1.82) is 0 Å². The minimum Gasteiger partial charge on any atom is -0.378 e. The van der Waals surface area contributed by atoms with Gasteiger partial charge in [-0.3, -0.25) is 4.98 Å². The van der Waals surface area contributed by atoms with Crippen LogP contribution in [0.4, 0.5) is 5.69 Å². The van der Waals surface area contributed by atoms with E-state index in [1.165, 1.54) is 16.8 Å². The number of hydrogen-bond acceptors (Lipinski definition) is 2. The van der Waals surface area contributed by atoms with E-state index < -0.39 is 0 Å². The molecule has 0 aliphatic rings. The van der Waals surface area contributed by atoms with Crippen LogP contribution in [0, 0.1) is 0 Å². The van der Waals surface area contributed by atoms with Crippen LogP contribution in [0.15, 0.2) is 97.2 Å². The molecule has 0 radical (unpaired) electrons. The number of pyridine rings is 1. The summed E-state index contributed by atoms with van der Waals surface area (Å²) in [5.74, 6) is 0. The van der Waals surface area contributed by atoms with Gasteiger partial charge in [0.25, 0.3) is 0 Å². The molecule has 0 saturated carbocycles. The van der Waals surface area contributed by atoms with Crippen molar-refractivity contribution in [3.63, 3.8) is 0 Å². The molecule has 0 saturated heterocycles. The van der Waals surface area contributed by atoms with Gasteiger partial charge in [-0.1, -0.05) is 72.8 Å². The normalized spacial score (nSPS) is 10.6. The molecule has 1 heterocycles. The zero-order valence-corrected chi connectivity index (χ0v) is 15.6. The van der Waals surface area contributed by atoms with Crippen LogP contribution in [0.3, 0.4) is 0 Å². The lowest BCUT2D eigenvalue weighted by Gasteiger charge is -2.16. The van der Waals surface area contributed by atoms with Crippen molar-refractivity contribution in [3.05, 3.63) is 97.2 Å². The number of benzene rings is 3. The highest BCUT2D eigenvalue weighted by molar-refractivity contribution is 5.85. The van der Waals surface area contributed by atoms with E-state index in [0.29, 0.717) is 0 Å². The monoisotopic (exact) mass is 350 g/mol. The smallest absolute Gasteiger partial charge is 0.0781 e.